The monoisotopic (exact) mass is 862 g/mol. The maximum Gasteiger partial charge on any atom is 0.312 e. The molecule has 4 aliphatic rings. The number of nitrogens with zero attached hydrogens (tertiary/aromatic N) is 5. The Hall–Kier alpha value is -5.58. The molecule has 3 aromatic heterocycles. The maximum absolute atomic E-state index is 13.9. The van der Waals surface area contributed by atoms with E-state index in [0.29, 0.717) is 48.8 Å². The third-order valence-electron chi connectivity index (χ3n) is 13.6. The number of sulfonamides is 1. The predicted molar refractivity (Wildman–Crippen MR) is 236 cm³/mol. The number of aromatic amines is 1. The number of amides is 1. The number of H-pyrrole nitrogens is 1. The normalized spacial score (nSPS) is 22.7. The van der Waals surface area contributed by atoms with Crippen LogP contribution in [0.3, 0.4) is 0 Å². The zero-order chi connectivity index (χ0) is 43.4. The Balaban J connectivity index is 0.903. The number of carbonyl (C=O) groups excluding carboxylic acids is 1. The van der Waals surface area contributed by atoms with Gasteiger partial charge in [0.05, 0.1) is 28.5 Å². The summed E-state index contributed by atoms with van der Waals surface area (Å²) in [6, 6.07) is 19.5. The van der Waals surface area contributed by atoms with Crippen molar-refractivity contribution in [2.45, 2.75) is 101 Å². The number of nitro groups is 1. The van der Waals surface area contributed by atoms with Gasteiger partial charge in [-0.2, -0.15) is 0 Å². The summed E-state index contributed by atoms with van der Waals surface area (Å²) in [7, 11) is -4.62. The number of aromatic nitrogens is 3. The van der Waals surface area contributed by atoms with E-state index >= 15 is 0 Å². The number of ether oxygens (including phenoxy) is 1. The Morgan fingerprint density at radius 2 is 1.82 bits per heavy atom. The molecule has 2 aliphatic heterocycles. The molecule has 9 rings (SSSR count). The number of likely N-dealkylation sites (tertiary alicyclic amines) is 1. The Morgan fingerprint density at radius 3 is 2.58 bits per heavy atom. The Morgan fingerprint density at radius 1 is 1.05 bits per heavy atom. The first-order chi connectivity index (χ1) is 29.7. The first-order valence-electron chi connectivity index (χ1n) is 21.7. The maximum atomic E-state index is 13.9. The summed E-state index contributed by atoms with van der Waals surface area (Å²) in [5.74, 6) is 0.0905. The Labute approximate surface area is 361 Å². The van der Waals surface area contributed by atoms with Gasteiger partial charge < -0.3 is 25.0 Å². The lowest BCUT2D eigenvalue weighted by Gasteiger charge is -2.62. The third kappa shape index (κ3) is 8.34. The van der Waals surface area contributed by atoms with E-state index in [-0.39, 0.29) is 28.5 Å². The molecule has 4 N–H and O–H groups in total. The van der Waals surface area contributed by atoms with Crippen LogP contribution in [-0.4, -0.2) is 82.0 Å². The number of nitrogens with one attached hydrogen (secondary N) is 3. The van der Waals surface area contributed by atoms with Crippen molar-refractivity contribution in [3.63, 3.8) is 0 Å². The van der Waals surface area contributed by atoms with Crippen molar-refractivity contribution in [3.8, 4) is 11.5 Å². The molecule has 62 heavy (non-hydrogen) atoms. The van der Waals surface area contributed by atoms with Crippen LogP contribution in [-0.2, 0) is 10.0 Å². The average Bonchev–Trinajstić information content (AvgIpc) is 3.89. The quantitative estimate of drug-likeness (QED) is 0.0658. The minimum absolute atomic E-state index is 0.0422. The zero-order valence-electron chi connectivity index (χ0n) is 35.3. The van der Waals surface area contributed by atoms with Gasteiger partial charge >= 0.3 is 5.69 Å². The van der Waals surface area contributed by atoms with Gasteiger partial charge in [0.15, 0.2) is 0 Å². The van der Waals surface area contributed by atoms with Crippen LogP contribution in [0.4, 0.5) is 17.2 Å². The molecule has 15 nitrogen and oxygen atoms in total. The molecule has 1 amide bonds. The number of benzene rings is 2. The second-order valence-electron chi connectivity index (χ2n) is 18.5. The molecule has 326 valence electrons. The van der Waals surface area contributed by atoms with Gasteiger partial charge in [0, 0.05) is 66.5 Å². The van der Waals surface area contributed by atoms with E-state index in [2.05, 4.69) is 72.9 Å². The van der Waals surface area contributed by atoms with Gasteiger partial charge in [0.2, 0.25) is 5.82 Å². The van der Waals surface area contributed by atoms with E-state index in [1.807, 2.05) is 6.07 Å². The van der Waals surface area contributed by atoms with Crippen LogP contribution in [0, 0.1) is 21.4 Å². The van der Waals surface area contributed by atoms with Crippen molar-refractivity contribution in [1.29, 1.82) is 0 Å². The summed E-state index contributed by atoms with van der Waals surface area (Å²) in [6.45, 7) is 9.56. The number of fused-ring (bicyclic) bond motifs is 1. The topological polar surface area (TPSA) is 196 Å². The number of rotatable bonds is 13. The number of hydrogen-bond acceptors (Lipinski definition) is 12. The molecule has 1 spiro atoms. The fourth-order valence-corrected chi connectivity index (χ4v) is 11.1. The van der Waals surface area contributed by atoms with Gasteiger partial charge in [-0.3, -0.25) is 19.8 Å². The molecule has 16 heteroatoms. The van der Waals surface area contributed by atoms with Gasteiger partial charge in [-0.05, 0) is 112 Å². The molecule has 2 saturated carbocycles. The highest BCUT2D eigenvalue weighted by Gasteiger charge is 2.55. The SMILES string of the molecule is CC(C)c1ccccc1[C@H]1CCCN1C1CC2(C1)CN(c1ccc(C(=O)NS(=O)(=O)c3cnc(NCC4CCC(C)(O)CC4)c([N+](=O)[O-])c3)c(Oc3cnc4[nH]ccc4c3)c1)C2. The lowest BCUT2D eigenvalue weighted by molar-refractivity contribution is -0.384. The number of hydrogen-bond donors (Lipinski definition) is 4. The van der Waals surface area contributed by atoms with Crippen LogP contribution < -0.4 is 19.7 Å². The molecule has 2 saturated heterocycles. The molecule has 0 unspecified atom stereocenters. The van der Waals surface area contributed by atoms with E-state index in [1.165, 1.54) is 30.2 Å². The number of pyridine rings is 2. The molecule has 1 atom stereocenters. The first-order valence-corrected chi connectivity index (χ1v) is 23.2. The minimum atomic E-state index is -4.62. The summed E-state index contributed by atoms with van der Waals surface area (Å²) >= 11 is 0. The predicted octanol–water partition coefficient (Wildman–Crippen LogP) is 8.06. The number of aliphatic hydroxyl groups is 1. The van der Waals surface area contributed by atoms with Crippen molar-refractivity contribution in [3.05, 3.63) is 106 Å². The highest BCUT2D eigenvalue weighted by Crippen LogP contribution is 2.54. The van der Waals surface area contributed by atoms with Gasteiger partial charge in [-0.15, -0.1) is 0 Å². The van der Waals surface area contributed by atoms with Crippen molar-refractivity contribution < 1.29 is 28.0 Å². The highest BCUT2D eigenvalue weighted by atomic mass is 32.2. The molecule has 5 aromatic rings. The summed E-state index contributed by atoms with van der Waals surface area (Å²) < 4.78 is 35.7. The second kappa shape index (κ2) is 16.3. The molecule has 4 fully saturated rings. The van der Waals surface area contributed by atoms with Gasteiger partial charge in [0.25, 0.3) is 15.9 Å². The molecule has 5 heterocycles. The summed E-state index contributed by atoms with van der Waals surface area (Å²) in [6.07, 6.45) is 11.6. The largest absolute Gasteiger partial charge is 0.455 e. The molecule has 2 aromatic carbocycles. The fourth-order valence-electron chi connectivity index (χ4n) is 10.2. The second-order valence-corrected chi connectivity index (χ2v) is 20.2. The van der Waals surface area contributed by atoms with E-state index < -0.39 is 37.0 Å². The Bertz CT molecular complexity index is 2610. The van der Waals surface area contributed by atoms with Crippen LogP contribution >= 0.6 is 0 Å². The van der Waals surface area contributed by atoms with E-state index in [4.69, 9.17) is 4.74 Å². The smallest absolute Gasteiger partial charge is 0.312 e. The standard InChI is InChI=1S/C46H54N8O7S/c1-29(2)36-7-4-5-8-37(36)39-9-6-18-53(39)33-22-46(23-33)27-52(28-46)32-10-11-38(41(20-32)61-34-19-31-14-17-47-42(31)49-25-34)44(55)51-62(59,60)35-21-40(54(57)58)43(50-26-35)48-24-30-12-15-45(3,56)16-13-30/h4-5,7-8,10-11,14,17,19-21,25-26,29-30,33,39,56H,6,9,12-13,15-16,18,22-24,27-28H2,1-3H3,(H,47,49)(H,48,50)(H,51,55)/t30?,39-,45?/m1/s1. The molecular formula is C46H54N8O7S. The van der Waals surface area contributed by atoms with Gasteiger partial charge in [0.1, 0.15) is 22.0 Å². The summed E-state index contributed by atoms with van der Waals surface area (Å²) in [4.78, 5) is 41.3. The molecular weight excluding hydrogens is 809 g/mol. The molecule has 0 bridgehead atoms. The Kier molecular flexibility index (Phi) is 11.0. The van der Waals surface area contributed by atoms with Crippen LogP contribution in [0.15, 0.2) is 84.1 Å². The van der Waals surface area contributed by atoms with Crippen molar-refractivity contribution >= 4 is 44.2 Å². The molecule has 2 aliphatic carbocycles. The van der Waals surface area contributed by atoms with Crippen molar-refractivity contribution in [2.24, 2.45) is 11.3 Å². The zero-order valence-corrected chi connectivity index (χ0v) is 36.2. The average molecular weight is 863 g/mol. The summed E-state index contributed by atoms with van der Waals surface area (Å²) in [5.41, 5.74) is 3.33. The fraction of sp³-hybridized carbons (Fsp3) is 0.457. The number of carbonyl (C=O) groups is 1. The van der Waals surface area contributed by atoms with Crippen molar-refractivity contribution in [1.82, 2.24) is 24.6 Å². The third-order valence-corrected chi connectivity index (χ3v) is 14.9. The van der Waals surface area contributed by atoms with E-state index in [0.717, 1.165) is 68.7 Å². The van der Waals surface area contributed by atoms with E-state index in [1.54, 1.807) is 37.4 Å². The van der Waals surface area contributed by atoms with Crippen LogP contribution in [0.1, 0.15) is 106 Å². The van der Waals surface area contributed by atoms with Crippen LogP contribution in [0.25, 0.3) is 11.0 Å². The number of anilines is 2. The van der Waals surface area contributed by atoms with Gasteiger partial charge in [-0.1, -0.05) is 38.1 Å². The van der Waals surface area contributed by atoms with Crippen LogP contribution in [0.5, 0.6) is 11.5 Å². The van der Waals surface area contributed by atoms with Crippen molar-refractivity contribution in [2.75, 3.05) is 36.4 Å². The molecule has 0 radical (unpaired) electrons. The van der Waals surface area contributed by atoms with Gasteiger partial charge in [-0.25, -0.2) is 23.1 Å². The lowest BCUT2D eigenvalue weighted by Crippen LogP contribution is -2.66. The highest BCUT2D eigenvalue weighted by molar-refractivity contribution is 7.90. The summed E-state index contributed by atoms with van der Waals surface area (Å²) in [5, 5.41) is 26.2. The first kappa shape index (κ1) is 41.8. The minimum Gasteiger partial charge on any atom is -0.455 e. The van der Waals surface area contributed by atoms with E-state index in [9.17, 15) is 28.4 Å². The van der Waals surface area contributed by atoms with Crippen LogP contribution in [0.2, 0.25) is 0 Å². The lowest BCUT2D eigenvalue weighted by atomic mass is 9.60.